The highest BCUT2D eigenvalue weighted by Gasteiger charge is 2.37. The van der Waals surface area contributed by atoms with Crippen LogP contribution in [0.1, 0.15) is 26.3 Å². The van der Waals surface area contributed by atoms with Crippen LogP contribution in [-0.4, -0.2) is 27.4 Å². The average molecular weight is 304 g/mol. The molecule has 0 atom stereocenters. The Balaban J connectivity index is 2.02. The Morgan fingerprint density at radius 2 is 1.90 bits per heavy atom. The van der Waals surface area contributed by atoms with Crippen LogP contribution < -0.4 is 4.90 Å². The number of amides is 1. The molecular weight excluding hydrogens is 278 g/mol. The summed E-state index contributed by atoms with van der Waals surface area (Å²) in [5.74, 6) is 0.0903. The molecule has 0 bridgehead atoms. The summed E-state index contributed by atoms with van der Waals surface area (Å²) < 4.78 is 6.19. The number of hydrogen-bond acceptors (Lipinski definition) is 2. The maximum absolute atomic E-state index is 12.1. The third-order valence-electron chi connectivity index (χ3n) is 4.63. The van der Waals surface area contributed by atoms with Gasteiger partial charge in [-0.25, -0.2) is 0 Å². The van der Waals surface area contributed by atoms with Crippen LogP contribution in [0.3, 0.4) is 0 Å². The Morgan fingerprint density at radius 1 is 1.24 bits per heavy atom. The van der Waals surface area contributed by atoms with Crippen LogP contribution in [0.4, 0.5) is 5.69 Å². The van der Waals surface area contributed by atoms with Crippen molar-refractivity contribution in [3.63, 3.8) is 0 Å². The van der Waals surface area contributed by atoms with E-state index in [-0.39, 0.29) is 10.9 Å². The summed E-state index contributed by atoms with van der Waals surface area (Å²) in [6.45, 7) is 12.4. The lowest BCUT2D eigenvalue weighted by atomic mass is 10.0. The molecule has 1 aliphatic heterocycles. The van der Waals surface area contributed by atoms with Gasteiger partial charge in [-0.05, 0) is 36.2 Å². The Kier molecular flexibility index (Phi) is 4.59. The van der Waals surface area contributed by atoms with Gasteiger partial charge in [0, 0.05) is 12.2 Å². The van der Waals surface area contributed by atoms with Gasteiger partial charge in [0.25, 0.3) is 0 Å². The third kappa shape index (κ3) is 3.55. The van der Waals surface area contributed by atoms with E-state index in [1.165, 1.54) is 5.56 Å². The van der Waals surface area contributed by atoms with Crippen LogP contribution in [0.25, 0.3) is 0 Å². The van der Waals surface area contributed by atoms with E-state index in [1.807, 2.05) is 23.1 Å². The number of rotatable bonds is 4. The largest absolute Gasteiger partial charge is 0.415 e. The number of carbonyl (C=O) groups excluding carboxylic acids is 1. The zero-order valence-electron chi connectivity index (χ0n) is 13.8. The average Bonchev–Trinajstić information content (AvgIpc) is 2.40. The minimum atomic E-state index is -1.75. The van der Waals surface area contributed by atoms with Gasteiger partial charge in [-0.3, -0.25) is 4.79 Å². The molecule has 1 amide bonds. The summed E-state index contributed by atoms with van der Waals surface area (Å²) in [5, 5.41) is 0.197. The van der Waals surface area contributed by atoms with Gasteiger partial charge in [0.1, 0.15) is 0 Å². The second-order valence-corrected chi connectivity index (χ2v) is 11.9. The molecule has 0 aliphatic carbocycles. The van der Waals surface area contributed by atoms with Crippen molar-refractivity contribution in [2.45, 2.75) is 45.3 Å². The lowest BCUT2D eigenvalue weighted by molar-refractivity contribution is -0.115. The van der Waals surface area contributed by atoms with Crippen LogP contribution in [0, 0.1) is 6.42 Å². The lowest BCUT2D eigenvalue weighted by Gasteiger charge is -2.37. The Morgan fingerprint density at radius 3 is 2.57 bits per heavy atom. The molecule has 1 aromatic rings. The Labute approximate surface area is 129 Å². The van der Waals surface area contributed by atoms with Crippen molar-refractivity contribution in [1.82, 2.24) is 0 Å². The molecule has 1 radical (unpaired) electrons. The highest BCUT2D eigenvalue weighted by atomic mass is 28.4. The van der Waals surface area contributed by atoms with Crippen molar-refractivity contribution >= 4 is 19.9 Å². The zero-order valence-corrected chi connectivity index (χ0v) is 14.8. The van der Waals surface area contributed by atoms with E-state index in [0.717, 1.165) is 12.1 Å². The summed E-state index contributed by atoms with van der Waals surface area (Å²) >= 11 is 0. The molecule has 115 valence electrons. The normalized spacial score (nSPS) is 16.0. The van der Waals surface area contributed by atoms with E-state index in [4.69, 9.17) is 4.43 Å². The summed E-state index contributed by atoms with van der Waals surface area (Å²) in [4.78, 5) is 14.0. The third-order valence-corrected chi connectivity index (χ3v) is 9.17. The first-order valence-electron chi connectivity index (χ1n) is 7.59. The maximum Gasteiger partial charge on any atom is 0.231 e. The van der Waals surface area contributed by atoms with Crippen molar-refractivity contribution in [3.05, 3.63) is 36.2 Å². The van der Waals surface area contributed by atoms with Crippen molar-refractivity contribution in [3.8, 4) is 0 Å². The Bertz CT molecular complexity index is 520. The van der Waals surface area contributed by atoms with E-state index < -0.39 is 8.32 Å². The molecule has 0 N–H and O–H groups in total. The van der Waals surface area contributed by atoms with Gasteiger partial charge in [-0.15, -0.1) is 0 Å². The predicted molar refractivity (Wildman–Crippen MR) is 89.9 cm³/mol. The van der Waals surface area contributed by atoms with Crippen LogP contribution in [0.5, 0.6) is 0 Å². The van der Waals surface area contributed by atoms with Crippen LogP contribution in [0.2, 0.25) is 18.1 Å². The SMILES string of the molecule is CC(C)(C)[Si](C)(C)OCCN1C(=O)[CH]Cc2ccccc21. The number of fused-ring (bicyclic) bond motifs is 1. The fourth-order valence-electron chi connectivity index (χ4n) is 2.21. The standard InChI is InChI=1S/C17H26NO2Si/c1-17(2,3)21(4,5)20-13-12-18-15-9-7-6-8-14(15)10-11-16(18)19/h6-9,11H,10,12-13H2,1-5H3. The summed E-state index contributed by atoms with van der Waals surface area (Å²) in [6.07, 6.45) is 2.49. The van der Waals surface area contributed by atoms with Crippen LogP contribution in [-0.2, 0) is 15.6 Å². The fraction of sp³-hybridized carbons (Fsp3) is 0.529. The van der Waals surface area contributed by atoms with E-state index in [0.29, 0.717) is 13.2 Å². The molecule has 1 heterocycles. The summed E-state index contributed by atoms with van der Waals surface area (Å²) in [7, 11) is -1.75. The van der Waals surface area contributed by atoms with Crippen molar-refractivity contribution < 1.29 is 9.22 Å². The quantitative estimate of drug-likeness (QED) is 0.792. The molecule has 4 heteroatoms. The molecule has 1 aliphatic rings. The topological polar surface area (TPSA) is 29.5 Å². The minimum Gasteiger partial charge on any atom is -0.415 e. The molecule has 0 unspecified atom stereocenters. The molecule has 0 saturated heterocycles. The molecule has 1 aromatic carbocycles. The number of anilines is 1. The maximum atomic E-state index is 12.1. The van der Waals surface area contributed by atoms with E-state index in [2.05, 4.69) is 39.9 Å². The minimum absolute atomic E-state index is 0.0903. The number of para-hydroxylation sites is 1. The first-order valence-corrected chi connectivity index (χ1v) is 10.5. The van der Waals surface area contributed by atoms with Gasteiger partial charge in [0.05, 0.1) is 13.0 Å². The van der Waals surface area contributed by atoms with Crippen molar-refractivity contribution in [1.29, 1.82) is 0 Å². The molecule has 0 saturated carbocycles. The van der Waals surface area contributed by atoms with Gasteiger partial charge in [0.15, 0.2) is 8.32 Å². The van der Waals surface area contributed by atoms with Crippen molar-refractivity contribution in [2.24, 2.45) is 0 Å². The van der Waals surface area contributed by atoms with Gasteiger partial charge in [-0.2, -0.15) is 0 Å². The monoisotopic (exact) mass is 304 g/mol. The Hall–Kier alpha value is -1.13. The second-order valence-electron chi connectivity index (χ2n) is 7.14. The first kappa shape index (κ1) is 16.2. The molecule has 21 heavy (non-hydrogen) atoms. The van der Waals surface area contributed by atoms with Crippen LogP contribution >= 0.6 is 0 Å². The van der Waals surface area contributed by atoms with Gasteiger partial charge < -0.3 is 9.33 Å². The summed E-state index contributed by atoms with van der Waals surface area (Å²) in [6, 6.07) is 8.11. The van der Waals surface area contributed by atoms with E-state index in [1.54, 1.807) is 6.42 Å². The number of carbonyl (C=O) groups is 1. The number of hydrogen-bond donors (Lipinski definition) is 0. The second kappa shape index (κ2) is 5.93. The smallest absolute Gasteiger partial charge is 0.231 e. The molecule has 0 fully saturated rings. The number of benzene rings is 1. The van der Waals surface area contributed by atoms with Gasteiger partial charge in [0.2, 0.25) is 5.91 Å². The fourth-order valence-corrected chi connectivity index (χ4v) is 3.25. The highest BCUT2D eigenvalue weighted by Crippen LogP contribution is 2.36. The lowest BCUT2D eigenvalue weighted by Crippen LogP contribution is -2.44. The molecule has 3 nitrogen and oxygen atoms in total. The molecule has 2 rings (SSSR count). The van der Waals surface area contributed by atoms with Gasteiger partial charge in [-0.1, -0.05) is 39.0 Å². The number of nitrogens with zero attached hydrogens (tertiary/aromatic N) is 1. The zero-order chi connectivity index (χ0) is 15.7. The van der Waals surface area contributed by atoms with E-state index in [9.17, 15) is 4.79 Å². The van der Waals surface area contributed by atoms with Crippen molar-refractivity contribution in [2.75, 3.05) is 18.1 Å². The predicted octanol–water partition coefficient (Wildman–Crippen LogP) is 3.80. The highest BCUT2D eigenvalue weighted by molar-refractivity contribution is 6.74. The van der Waals surface area contributed by atoms with Gasteiger partial charge >= 0.3 is 0 Å². The van der Waals surface area contributed by atoms with Crippen LogP contribution in [0.15, 0.2) is 24.3 Å². The molecule has 0 spiro atoms. The molecular formula is C17H26NO2Si. The molecule has 0 aromatic heterocycles. The summed E-state index contributed by atoms with van der Waals surface area (Å²) in [5.41, 5.74) is 2.24. The van der Waals surface area contributed by atoms with E-state index >= 15 is 0 Å². The first-order chi connectivity index (χ1) is 9.72.